The van der Waals surface area contributed by atoms with Gasteiger partial charge in [-0.2, -0.15) is 0 Å². The van der Waals surface area contributed by atoms with Gasteiger partial charge in [0.2, 0.25) is 0 Å². The molecular formula is C9H11N3O. The second-order valence-electron chi connectivity index (χ2n) is 2.84. The number of ketones is 1. The minimum absolute atomic E-state index is 0.0667. The maximum Gasteiger partial charge on any atom is 0.178 e. The number of hydrogen-bond acceptors (Lipinski definition) is 4. The van der Waals surface area contributed by atoms with Gasteiger partial charge in [0, 0.05) is 18.2 Å². The van der Waals surface area contributed by atoms with E-state index in [4.69, 9.17) is 11.1 Å². The van der Waals surface area contributed by atoms with Crippen molar-refractivity contribution in [1.82, 2.24) is 4.98 Å². The highest BCUT2D eigenvalue weighted by Crippen LogP contribution is 2.12. The molecule has 3 N–H and O–H groups in total. The third-order valence-electron chi connectivity index (χ3n) is 1.69. The van der Waals surface area contributed by atoms with Crippen LogP contribution in [0.15, 0.2) is 12.3 Å². The fourth-order valence-corrected chi connectivity index (χ4v) is 0.977. The van der Waals surface area contributed by atoms with E-state index in [1.807, 2.05) is 0 Å². The van der Waals surface area contributed by atoms with Gasteiger partial charge in [0.15, 0.2) is 5.78 Å². The number of nitrogens with zero attached hydrogens (tertiary/aromatic N) is 1. The first-order valence-corrected chi connectivity index (χ1v) is 3.84. The van der Waals surface area contributed by atoms with Gasteiger partial charge in [0.05, 0.1) is 11.9 Å². The van der Waals surface area contributed by atoms with Gasteiger partial charge in [-0.05, 0) is 13.0 Å². The second-order valence-corrected chi connectivity index (χ2v) is 2.84. The smallest absolute Gasteiger partial charge is 0.178 e. The van der Waals surface area contributed by atoms with E-state index in [9.17, 15) is 4.79 Å². The van der Waals surface area contributed by atoms with Crippen LogP contribution in [-0.4, -0.2) is 16.5 Å². The Morgan fingerprint density at radius 1 is 1.62 bits per heavy atom. The number of nitrogen functional groups attached to an aromatic ring is 1. The lowest BCUT2D eigenvalue weighted by Gasteiger charge is -2.04. The van der Waals surface area contributed by atoms with Crippen molar-refractivity contribution in [3.63, 3.8) is 0 Å². The molecule has 0 atom stereocenters. The topological polar surface area (TPSA) is 79.8 Å². The molecule has 1 heterocycles. The molecule has 4 nitrogen and oxygen atoms in total. The second kappa shape index (κ2) is 3.35. The van der Waals surface area contributed by atoms with Gasteiger partial charge in [-0.25, -0.2) is 0 Å². The highest BCUT2D eigenvalue weighted by molar-refractivity contribution is 6.45. The number of hydrogen-bond donors (Lipinski definition) is 2. The number of nitrogens with one attached hydrogen (secondary N) is 1. The summed E-state index contributed by atoms with van der Waals surface area (Å²) < 4.78 is 0. The summed E-state index contributed by atoms with van der Waals surface area (Å²) in [6.07, 6.45) is 1.46. The van der Waals surface area contributed by atoms with Gasteiger partial charge >= 0.3 is 0 Å². The van der Waals surface area contributed by atoms with Crippen LogP contribution in [0.3, 0.4) is 0 Å². The molecule has 1 aromatic rings. The van der Waals surface area contributed by atoms with Crippen molar-refractivity contribution in [2.24, 2.45) is 0 Å². The quantitative estimate of drug-likeness (QED) is 0.659. The number of aryl methyl sites for hydroxylation is 1. The summed E-state index contributed by atoms with van der Waals surface area (Å²) in [5, 5.41) is 7.46. The summed E-state index contributed by atoms with van der Waals surface area (Å²) in [6, 6.07) is 1.64. The Labute approximate surface area is 76.3 Å². The van der Waals surface area contributed by atoms with E-state index in [-0.39, 0.29) is 11.5 Å². The van der Waals surface area contributed by atoms with Gasteiger partial charge in [-0.1, -0.05) is 0 Å². The molecule has 0 aliphatic heterocycles. The number of carbonyl (C=O) groups is 1. The minimum atomic E-state index is -0.294. The summed E-state index contributed by atoms with van der Waals surface area (Å²) in [5.74, 6) is -0.294. The lowest BCUT2D eigenvalue weighted by Crippen LogP contribution is -2.12. The Morgan fingerprint density at radius 3 is 2.77 bits per heavy atom. The van der Waals surface area contributed by atoms with Crippen molar-refractivity contribution in [3.8, 4) is 0 Å². The number of aromatic nitrogens is 1. The van der Waals surface area contributed by atoms with Crippen LogP contribution in [0, 0.1) is 12.3 Å². The van der Waals surface area contributed by atoms with Crippen LogP contribution in [0.25, 0.3) is 0 Å². The molecule has 0 aliphatic carbocycles. The third-order valence-corrected chi connectivity index (χ3v) is 1.69. The largest absolute Gasteiger partial charge is 0.397 e. The van der Waals surface area contributed by atoms with Crippen LogP contribution in [-0.2, 0) is 4.79 Å². The van der Waals surface area contributed by atoms with Crippen molar-refractivity contribution >= 4 is 17.2 Å². The van der Waals surface area contributed by atoms with Crippen molar-refractivity contribution in [1.29, 1.82) is 5.41 Å². The van der Waals surface area contributed by atoms with Crippen LogP contribution in [0.1, 0.15) is 18.2 Å². The predicted molar refractivity (Wildman–Crippen MR) is 50.9 cm³/mol. The monoisotopic (exact) mass is 177 g/mol. The molecule has 1 rings (SSSR count). The van der Waals surface area contributed by atoms with Gasteiger partial charge in [-0.15, -0.1) is 0 Å². The molecule has 0 radical (unpaired) electrons. The molecule has 0 saturated carbocycles. The summed E-state index contributed by atoms with van der Waals surface area (Å²) in [6.45, 7) is 3.13. The first kappa shape index (κ1) is 9.38. The van der Waals surface area contributed by atoms with Crippen LogP contribution < -0.4 is 5.73 Å². The number of anilines is 1. The zero-order valence-corrected chi connectivity index (χ0v) is 7.59. The molecule has 13 heavy (non-hydrogen) atoms. The molecule has 0 fully saturated rings. The Morgan fingerprint density at radius 2 is 2.23 bits per heavy atom. The van der Waals surface area contributed by atoms with E-state index < -0.39 is 0 Å². The predicted octanol–water partition coefficient (Wildman–Crippen LogP) is 0.929. The van der Waals surface area contributed by atoms with E-state index in [2.05, 4.69) is 4.98 Å². The molecule has 0 aliphatic rings. The normalized spacial score (nSPS) is 9.69. The van der Waals surface area contributed by atoms with Crippen LogP contribution in [0.5, 0.6) is 0 Å². The summed E-state index contributed by atoms with van der Waals surface area (Å²) in [4.78, 5) is 14.9. The number of carbonyl (C=O) groups excluding carboxylic acids is 1. The molecular weight excluding hydrogens is 166 g/mol. The molecule has 0 spiro atoms. The average Bonchev–Trinajstić information content (AvgIpc) is 2.08. The van der Waals surface area contributed by atoms with Crippen LogP contribution in [0.2, 0.25) is 0 Å². The zero-order valence-electron chi connectivity index (χ0n) is 7.59. The molecule has 68 valence electrons. The standard InChI is InChI=1S/C9H11N3O/c1-5-3-7(8(10)4-12-5)9(11)6(2)13/h3-4,11H,10H2,1-2H3. The first-order valence-electron chi connectivity index (χ1n) is 3.84. The fraction of sp³-hybridized carbons (Fsp3) is 0.222. The summed E-state index contributed by atoms with van der Waals surface area (Å²) in [7, 11) is 0. The zero-order chi connectivity index (χ0) is 10.0. The van der Waals surface area contributed by atoms with Crippen LogP contribution >= 0.6 is 0 Å². The maximum absolute atomic E-state index is 10.9. The average molecular weight is 177 g/mol. The maximum atomic E-state index is 10.9. The van der Waals surface area contributed by atoms with Crippen molar-refractivity contribution in [3.05, 3.63) is 23.5 Å². The number of nitrogens with two attached hydrogens (primary N) is 1. The molecule has 4 heteroatoms. The Kier molecular flexibility index (Phi) is 2.41. The Hall–Kier alpha value is -1.71. The Bertz CT molecular complexity index is 371. The van der Waals surface area contributed by atoms with E-state index in [0.717, 1.165) is 5.69 Å². The van der Waals surface area contributed by atoms with E-state index >= 15 is 0 Å². The van der Waals surface area contributed by atoms with Crippen molar-refractivity contribution in [2.75, 3.05) is 5.73 Å². The highest BCUT2D eigenvalue weighted by atomic mass is 16.1. The van der Waals surface area contributed by atoms with Gasteiger partial charge in [0.1, 0.15) is 5.71 Å². The minimum Gasteiger partial charge on any atom is -0.397 e. The number of Topliss-reactive ketones (excluding diaryl/α,β-unsaturated/α-hetero) is 1. The molecule has 0 unspecified atom stereocenters. The fourth-order valence-electron chi connectivity index (χ4n) is 0.977. The summed E-state index contributed by atoms with van der Waals surface area (Å²) >= 11 is 0. The third kappa shape index (κ3) is 1.90. The van der Waals surface area contributed by atoms with Gasteiger partial charge in [0.25, 0.3) is 0 Å². The molecule has 0 amide bonds. The van der Waals surface area contributed by atoms with E-state index in [0.29, 0.717) is 11.3 Å². The van der Waals surface area contributed by atoms with E-state index in [1.54, 1.807) is 13.0 Å². The highest BCUT2D eigenvalue weighted by Gasteiger charge is 2.10. The SMILES string of the molecule is CC(=O)C(=N)c1cc(C)ncc1N. The van der Waals surface area contributed by atoms with Crippen molar-refractivity contribution in [2.45, 2.75) is 13.8 Å². The van der Waals surface area contributed by atoms with E-state index in [1.165, 1.54) is 13.1 Å². The van der Waals surface area contributed by atoms with Gasteiger partial charge in [-0.3, -0.25) is 15.2 Å². The number of pyridine rings is 1. The van der Waals surface area contributed by atoms with Crippen LogP contribution in [0.4, 0.5) is 5.69 Å². The van der Waals surface area contributed by atoms with Gasteiger partial charge < -0.3 is 5.73 Å². The Balaban J connectivity index is 3.21. The van der Waals surface area contributed by atoms with Crippen molar-refractivity contribution < 1.29 is 4.79 Å². The molecule has 0 saturated heterocycles. The molecule has 0 aromatic carbocycles. The molecule has 0 bridgehead atoms. The first-order chi connectivity index (χ1) is 6.02. The molecule has 1 aromatic heterocycles. The number of rotatable bonds is 2. The summed E-state index contributed by atoms with van der Waals surface area (Å²) in [5.41, 5.74) is 7.08. The lowest BCUT2D eigenvalue weighted by atomic mass is 10.1. The lowest BCUT2D eigenvalue weighted by molar-refractivity contribution is -0.111.